The van der Waals surface area contributed by atoms with Gasteiger partial charge < -0.3 is 9.84 Å². The molecule has 0 spiro atoms. The lowest BCUT2D eigenvalue weighted by Crippen LogP contribution is -2.08. The van der Waals surface area contributed by atoms with Gasteiger partial charge in [-0.25, -0.2) is 4.79 Å². The van der Waals surface area contributed by atoms with E-state index in [0.717, 1.165) is 22.4 Å². The zero-order valence-electron chi connectivity index (χ0n) is 11.2. The van der Waals surface area contributed by atoms with Crippen molar-refractivity contribution >= 4 is 22.8 Å². The molecule has 0 aromatic heterocycles. The van der Waals surface area contributed by atoms with Crippen LogP contribution in [0.1, 0.15) is 12.5 Å². The van der Waals surface area contributed by atoms with E-state index in [1.165, 1.54) is 0 Å². The molecule has 0 saturated heterocycles. The molecule has 2 rings (SSSR count). The molecule has 0 aliphatic rings. The zero-order valence-corrected chi connectivity index (χ0v) is 11.2. The summed E-state index contributed by atoms with van der Waals surface area (Å²) in [7, 11) is 0. The third-order valence-corrected chi connectivity index (χ3v) is 2.97. The van der Waals surface area contributed by atoms with Crippen molar-refractivity contribution in [3.05, 3.63) is 60.7 Å². The van der Waals surface area contributed by atoms with E-state index in [0.29, 0.717) is 5.75 Å². The summed E-state index contributed by atoms with van der Waals surface area (Å²) in [4.78, 5) is 10.8. The second-order valence-corrected chi connectivity index (χ2v) is 4.43. The van der Waals surface area contributed by atoms with Gasteiger partial charge in [-0.1, -0.05) is 43.0 Å². The van der Waals surface area contributed by atoms with Gasteiger partial charge in [-0.05, 0) is 29.8 Å². The molecule has 20 heavy (non-hydrogen) atoms. The van der Waals surface area contributed by atoms with Crippen LogP contribution in [0, 0.1) is 0 Å². The summed E-state index contributed by atoms with van der Waals surface area (Å²) in [5.41, 5.74) is 0.763. The molecule has 3 nitrogen and oxygen atoms in total. The number of ether oxygens (including phenoxy) is 1. The number of rotatable bonds is 5. The van der Waals surface area contributed by atoms with Gasteiger partial charge in [0.25, 0.3) is 0 Å². The summed E-state index contributed by atoms with van der Waals surface area (Å²) in [6, 6.07) is 11.6. The largest absolute Gasteiger partial charge is 0.486 e. The molecule has 0 saturated carbocycles. The summed E-state index contributed by atoms with van der Waals surface area (Å²) in [5.74, 6) is -0.339. The minimum Gasteiger partial charge on any atom is -0.486 e. The van der Waals surface area contributed by atoms with Gasteiger partial charge in [0.05, 0.1) is 0 Å². The first-order valence-electron chi connectivity index (χ1n) is 6.34. The normalized spacial score (nSPS) is 12.4. The molecule has 2 aromatic carbocycles. The van der Waals surface area contributed by atoms with Crippen molar-refractivity contribution in [3.63, 3.8) is 0 Å². The average Bonchev–Trinajstić information content (AvgIpc) is 2.45. The summed E-state index contributed by atoms with van der Waals surface area (Å²) in [6.45, 7) is 5.57. The van der Waals surface area contributed by atoms with Crippen molar-refractivity contribution in [1.29, 1.82) is 0 Å². The quantitative estimate of drug-likeness (QED) is 0.661. The lowest BCUT2D eigenvalue weighted by molar-refractivity contribution is -0.131. The zero-order chi connectivity index (χ0) is 14.5. The molecule has 1 N–H and O–H groups in total. The number of carboxylic acids is 1. The van der Waals surface area contributed by atoms with Crippen molar-refractivity contribution in [3.8, 4) is 5.75 Å². The number of carboxylic acid groups (broad SMARTS) is 1. The molecule has 1 unspecified atom stereocenters. The predicted molar refractivity (Wildman–Crippen MR) is 80.9 cm³/mol. The van der Waals surface area contributed by atoms with Gasteiger partial charge >= 0.3 is 5.97 Å². The minimum absolute atomic E-state index is 0.145. The van der Waals surface area contributed by atoms with Crippen molar-refractivity contribution in [2.45, 2.75) is 13.0 Å². The molecule has 0 fully saturated rings. The number of hydrogen-bond acceptors (Lipinski definition) is 2. The lowest BCUT2D eigenvalue weighted by atomic mass is 10.0. The van der Waals surface area contributed by atoms with Crippen molar-refractivity contribution in [2.24, 2.45) is 0 Å². The van der Waals surface area contributed by atoms with E-state index in [1.807, 2.05) is 43.3 Å². The lowest BCUT2D eigenvalue weighted by Gasteiger charge is -2.15. The van der Waals surface area contributed by atoms with Crippen LogP contribution in [0.25, 0.3) is 16.8 Å². The van der Waals surface area contributed by atoms with Gasteiger partial charge in [0.1, 0.15) is 11.9 Å². The topological polar surface area (TPSA) is 46.5 Å². The van der Waals surface area contributed by atoms with Crippen LogP contribution in [0.3, 0.4) is 0 Å². The average molecular weight is 268 g/mol. The Kier molecular flexibility index (Phi) is 4.20. The first-order chi connectivity index (χ1) is 9.61. The molecule has 0 aliphatic heterocycles. The highest BCUT2D eigenvalue weighted by atomic mass is 16.5. The minimum atomic E-state index is -0.986. The Labute approximate surface area is 117 Å². The van der Waals surface area contributed by atoms with Gasteiger partial charge in [0.2, 0.25) is 0 Å². The van der Waals surface area contributed by atoms with Crippen LogP contribution in [0.15, 0.2) is 55.1 Å². The van der Waals surface area contributed by atoms with Crippen molar-refractivity contribution in [2.75, 3.05) is 0 Å². The summed E-state index contributed by atoms with van der Waals surface area (Å²) in [5, 5.41) is 10.8. The maximum atomic E-state index is 10.8. The van der Waals surface area contributed by atoms with Gasteiger partial charge in [-0.3, -0.25) is 0 Å². The fourth-order valence-corrected chi connectivity index (χ4v) is 1.95. The van der Waals surface area contributed by atoms with Gasteiger partial charge in [0.15, 0.2) is 0 Å². The molecule has 102 valence electrons. The third kappa shape index (κ3) is 3.06. The summed E-state index contributed by atoms with van der Waals surface area (Å²) < 4.78 is 5.77. The molecule has 2 aromatic rings. The number of benzene rings is 2. The highest BCUT2D eigenvalue weighted by molar-refractivity contribution is 5.96. The number of aliphatic carboxylic acids is 1. The fraction of sp³-hybridized carbons (Fsp3) is 0.118. The van der Waals surface area contributed by atoms with E-state index >= 15 is 0 Å². The first-order valence-corrected chi connectivity index (χ1v) is 6.34. The van der Waals surface area contributed by atoms with Gasteiger partial charge in [-0.2, -0.15) is 0 Å². The first kappa shape index (κ1) is 13.9. The molecule has 0 heterocycles. The Morgan fingerprint density at radius 3 is 2.75 bits per heavy atom. The van der Waals surface area contributed by atoms with Crippen LogP contribution in [-0.4, -0.2) is 17.2 Å². The van der Waals surface area contributed by atoms with E-state index < -0.39 is 5.97 Å². The Bertz CT molecular complexity index is 671. The van der Waals surface area contributed by atoms with Crippen LogP contribution in [0.2, 0.25) is 0 Å². The van der Waals surface area contributed by atoms with Crippen LogP contribution in [0.5, 0.6) is 5.75 Å². The van der Waals surface area contributed by atoms with Gasteiger partial charge in [0, 0.05) is 11.6 Å². The molecule has 0 bridgehead atoms. The van der Waals surface area contributed by atoms with Crippen molar-refractivity contribution < 1.29 is 14.6 Å². The smallest absolute Gasteiger partial charge is 0.328 e. The predicted octanol–water partition coefficient (Wildman–Crippen LogP) is 3.89. The van der Waals surface area contributed by atoms with Gasteiger partial charge in [-0.15, -0.1) is 0 Å². The molecule has 0 aliphatic carbocycles. The molecular weight excluding hydrogens is 252 g/mol. The summed E-state index contributed by atoms with van der Waals surface area (Å²) >= 11 is 0. The maximum absolute atomic E-state index is 10.8. The second-order valence-electron chi connectivity index (χ2n) is 4.43. The van der Waals surface area contributed by atoms with Crippen LogP contribution in [0.4, 0.5) is 0 Å². The van der Waals surface area contributed by atoms with Crippen LogP contribution >= 0.6 is 0 Å². The number of hydrogen-bond donors (Lipinski definition) is 1. The number of carbonyl (C=O) groups is 1. The SMILES string of the molecule is C=CC(C)Oc1ccc2ccccc2c1C=CC(=O)O. The Hall–Kier alpha value is -2.55. The molecule has 3 heteroatoms. The standard InChI is InChI=1S/C17H16O3/c1-3-12(2)20-16-10-8-13-6-4-5-7-14(13)15(16)9-11-17(18)19/h3-12H,1H2,2H3,(H,18,19). The Morgan fingerprint density at radius 2 is 2.05 bits per heavy atom. The Morgan fingerprint density at radius 1 is 1.30 bits per heavy atom. The van der Waals surface area contributed by atoms with E-state index in [-0.39, 0.29) is 6.10 Å². The highest BCUT2D eigenvalue weighted by Crippen LogP contribution is 2.30. The van der Waals surface area contributed by atoms with Crippen LogP contribution < -0.4 is 4.74 Å². The molecule has 0 radical (unpaired) electrons. The van der Waals surface area contributed by atoms with E-state index in [9.17, 15) is 4.79 Å². The monoisotopic (exact) mass is 268 g/mol. The van der Waals surface area contributed by atoms with Crippen LogP contribution in [-0.2, 0) is 4.79 Å². The number of fused-ring (bicyclic) bond motifs is 1. The molecule has 1 atom stereocenters. The molecule has 0 amide bonds. The van der Waals surface area contributed by atoms with E-state index in [2.05, 4.69) is 6.58 Å². The second kappa shape index (κ2) is 6.06. The molecular formula is C17H16O3. The Balaban J connectivity index is 2.58. The summed E-state index contributed by atoms with van der Waals surface area (Å²) in [6.07, 6.45) is 4.23. The van der Waals surface area contributed by atoms with E-state index in [1.54, 1.807) is 12.2 Å². The maximum Gasteiger partial charge on any atom is 0.328 e. The van der Waals surface area contributed by atoms with E-state index in [4.69, 9.17) is 9.84 Å². The fourth-order valence-electron chi connectivity index (χ4n) is 1.95. The van der Waals surface area contributed by atoms with Crippen molar-refractivity contribution in [1.82, 2.24) is 0 Å². The third-order valence-electron chi connectivity index (χ3n) is 2.97. The highest BCUT2D eigenvalue weighted by Gasteiger charge is 2.08.